The predicted octanol–water partition coefficient (Wildman–Crippen LogP) is 8.07. The van der Waals surface area contributed by atoms with Crippen molar-refractivity contribution in [1.82, 2.24) is 4.57 Å². The minimum atomic E-state index is 1.11. The Labute approximate surface area is 161 Å². The smallest absolute Gasteiger partial charge is 0.0492 e. The minimum absolute atomic E-state index is 1.11. The molecule has 0 atom stereocenters. The molecular weight excluding hydrogens is 426 g/mol. The number of aryl methyl sites for hydroxylation is 1. The number of fused-ring (bicyclic) bond motifs is 3. The van der Waals surface area contributed by atoms with E-state index in [0.29, 0.717) is 0 Å². The van der Waals surface area contributed by atoms with Crippen molar-refractivity contribution < 1.29 is 0 Å². The third kappa shape index (κ3) is 4.05. The lowest BCUT2D eigenvalue weighted by Gasteiger charge is -2.08. The van der Waals surface area contributed by atoms with Crippen molar-refractivity contribution in [2.24, 2.45) is 0 Å². The number of halogens is 2. The van der Waals surface area contributed by atoms with Crippen molar-refractivity contribution in [2.75, 3.05) is 0 Å². The monoisotopic (exact) mass is 449 g/mol. The Hall–Kier alpha value is -0.800. The van der Waals surface area contributed by atoms with Gasteiger partial charge in [0.2, 0.25) is 0 Å². The van der Waals surface area contributed by atoms with Gasteiger partial charge in [0.1, 0.15) is 0 Å². The Morgan fingerprint density at radius 1 is 0.708 bits per heavy atom. The molecule has 3 rings (SSSR count). The molecule has 3 heteroatoms. The minimum Gasteiger partial charge on any atom is -0.340 e. The first-order valence-electron chi connectivity index (χ1n) is 9.07. The molecule has 24 heavy (non-hydrogen) atoms. The zero-order chi connectivity index (χ0) is 16.9. The van der Waals surface area contributed by atoms with Crippen LogP contribution in [0.4, 0.5) is 0 Å². The van der Waals surface area contributed by atoms with E-state index in [9.17, 15) is 0 Å². The highest BCUT2D eigenvalue weighted by atomic mass is 79.9. The van der Waals surface area contributed by atoms with Gasteiger partial charge >= 0.3 is 0 Å². The molecule has 0 radical (unpaired) electrons. The Morgan fingerprint density at radius 2 is 1.21 bits per heavy atom. The molecule has 0 fully saturated rings. The van der Waals surface area contributed by atoms with E-state index >= 15 is 0 Å². The predicted molar refractivity (Wildman–Crippen MR) is 113 cm³/mol. The zero-order valence-electron chi connectivity index (χ0n) is 14.3. The molecule has 0 saturated heterocycles. The van der Waals surface area contributed by atoms with E-state index in [4.69, 9.17) is 0 Å². The third-order valence-electron chi connectivity index (χ3n) is 4.77. The lowest BCUT2D eigenvalue weighted by atomic mass is 10.1. The van der Waals surface area contributed by atoms with E-state index in [0.717, 1.165) is 15.5 Å². The van der Waals surface area contributed by atoms with Gasteiger partial charge in [-0.3, -0.25) is 0 Å². The molecule has 0 amide bonds. The summed E-state index contributed by atoms with van der Waals surface area (Å²) >= 11 is 7.24. The first-order valence-corrected chi connectivity index (χ1v) is 10.7. The summed E-state index contributed by atoms with van der Waals surface area (Å²) in [7, 11) is 0. The van der Waals surface area contributed by atoms with Gasteiger partial charge in [-0.15, -0.1) is 0 Å². The summed E-state index contributed by atoms with van der Waals surface area (Å²) in [6.45, 7) is 3.38. The lowest BCUT2D eigenvalue weighted by molar-refractivity contribution is 0.561. The first kappa shape index (κ1) is 18.0. The van der Waals surface area contributed by atoms with Gasteiger partial charge in [-0.05, 0) is 42.8 Å². The largest absolute Gasteiger partial charge is 0.340 e. The number of unbranched alkanes of at least 4 members (excludes halogenated alkanes) is 6. The molecule has 0 saturated carbocycles. The van der Waals surface area contributed by atoms with Gasteiger partial charge in [0, 0.05) is 37.3 Å². The van der Waals surface area contributed by atoms with E-state index < -0.39 is 0 Å². The molecule has 0 unspecified atom stereocenters. The van der Waals surface area contributed by atoms with Crippen molar-refractivity contribution in [3.05, 3.63) is 45.3 Å². The summed E-state index contributed by atoms with van der Waals surface area (Å²) in [6, 6.07) is 13.3. The molecule has 1 aromatic heterocycles. The molecule has 0 aliphatic rings. The second-order valence-electron chi connectivity index (χ2n) is 6.60. The van der Waals surface area contributed by atoms with Gasteiger partial charge in [-0.1, -0.05) is 77.3 Å². The fraction of sp³-hybridized carbons (Fsp3) is 0.429. The number of aromatic nitrogens is 1. The van der Waals surface area contributed by atoms with Crippen LogP contribution in [0.25, 0.3) is 21.8 Å². The zero-order valence-corrected chi connectivity index (χ0v) is 17.5. The summed E-state index contributed by atoms with van der Waals surface area (Å²) in [5, 5.41) is 2.67. The molecular formula is C21H25Br2N. The standard InChI is InChI=1S/C21H25Br2N/c1-2-3-4-5-6-7-8-13-24-20-11-9-16(22)14-18(20)19-15-17(23)10-12-21(19)24/h9-12,14-15H,2-8,13H2,1H3. The van der Waals surface area contributed by atoms with Gasteiger partial charge < -0.3 is 4.57 Å². The van der Waals surface area contributed by atoms with Crippen LogP contribution in [0, 0.1) is 0 Å². The Kier molecular flexibility index (Phi) is 6.40. The van der Waals surface area contributed by atoms with Crippen LogP contribution in [-0.2, 0) is 6.54 Å². The molecule has 1 heterocycles. The van der Waals surface area contributed by atoms with Crippen LogP contribution in [0.3, 0.4) is 0 Å². The maximum atomic E-state index is 3.62. The van der Waals surface area contributed by atoms with Gasteiger partial charge in [-0.2, -0.15) is 0 Å². The average molecular weight is 451 g/mol. The topological polar surface area (TPSA) is 4.93 Å². The van der Waals surface area contributed by atoms with E-state index in [2.05, 4.69) is 79.7 Å². The average Bonchev–Trinajstić information content (AvgIpc) is 2.87. The van der Waals surface area contributed by atoms with Crippen LogP contribution in [-0.4, -0.2) is 4.57 Å². The third-order valence-corrected chi connectivity index (χ3v) is 5.76. The van der Waals surface area contributed by atoms with Crippen molar-refractivity contribution in [2.45, 2.75) is 58.4 Å². The maximum Gasteiger partial charge on any atom is 0.0492 e. The van der Waals surface area contributed by atoms with Crippen LogP contribution in [0.5, 0.6) is 0 Å². The van der Waals surface area contributed by atoms with Crippen molar-refractivity contribution >= 4 is 53.7 Å². The van der Waals surface area contributed by atoms with Crippen molar-refractivity contribution in [3.8, 4) is 0 Å². The summed E-state index contributed by atoms with van der Waals surface area (Å²) in [4.78, 5) is 0. The summed E-state index contributed by atoms with van der Waals surface area (Å²) in [5.74, 6) is 0. The Balaban J connectivity index is 1.79. The Morgan fingerprint density at radius 3 is 1.75 bits per heavy atom. The molecule has 0 aliphatic carbocycles. The Bertz CT molecular complexity index is 760. The van der Waals surface area contributed by atoms with Gasteiger partial charge in [-0.25, -0.2) is 0 Å². The van der Waals surface area contributed by atoms with E-state index in [1.54, 1.807) is 0 Å². The summed E-state index contributed by atoms with van der Waals surface area (Å²) < 4.78 is 4.78. The van der Waals surface area contributed by atoms with Crippen LogP contribution in [0.15, 0.2) is 45.3 Å². The molecule has 3 aromatic rings. The van der Waals surface area contributed by atoms with E-state index in [1.165, 1.54) is 66.8 Å². The second kappa shape index (κ2) is 8.53. The number of hydrogen-bond donors (Lipinski definition) is 0. The molecule has 1 nitrogen and oxygen atoms in total. The fourth-order valence-electron chi connectivity index (χ4n) is 3.52. The number of nitrogens with zero attached hydrogens (tertiary/aromatic N) is 1. The molecule has 0 spiro atoms. The van der Waals surface area contributed by atoms with E-state index in [1.807, 2.05) is 0 Å². The number of rotatable bonds is 8. The van der Waals surface area contributed by atoms with Crippen LogP contribution in [0.2, 0.25) is 0 Å². The van der Waals surface area contributed by atoms with Gasteiger partial charge in [0.15, 0.2) is 0 Å². The molecule has 128 valence electrons. The lowest BCUT2D eigenvalue weighted by Crippen LogP contribution is -1.97. The normalized spacial score (nSPS) is 11.6. The maximum absolute atomic E-state index is 3.62. The highest BCUT2D eigenvalue weighted by Gasteiger charge is 2.11. The molecule has 0 bridgehead atoms. The fourth-order valence-corrected chi connectivity index (χ4v) is 4.24. The van der Waals surface area contributed by atoms with Crippen LogP contribution in [0.1, 0.15) is 51.9 Å². The highest BCUT2D eigenvalue weighted by molar-refractivity contribution is 9.10. The first-order chi connectivity index (χ1) is 11.7. The SMILES string of the molecule is CCCCCCCCCn1c2ccc(Br)cc2c2cc(Br)ccc21. The second-order valence-corrected chi connectivity index (χ2v) is 8.43. The van der Waals surface area contributed by atoms with Crippen LogP contribution < -0.4 is 0 Å². The van der Waals surface area contributed by atoms with Gasteiger partial charge in [0.25, 0.3) is 0 Å². The number of hydrogen-bond acceptors (Lipinski definition) is 0. The van der Waals surface area contributed by atoms with Crippen LogP contribution >= 0.6 is 31.9 Å². The molecule has 0 N–H and O–H groups in total. The van der Waals surface area contributed by atoms with E-state index in [-0.39, 0.29) is 0 Å². The quantitative estimate of drug-likeness (QED) is 0.305. The summed E-state index contributed by atoms with van der Waals surface area (Å²) in [6.07, 6.45) is 9.46. The van der Waals surface area contributed by atoms with Crippen molar-refractivity contribution in [1.29, 1.82) is 0 Å². The molecule has 2 aromatic carbocycles. The highest BCUT2D eigenvalue weighted by Crippen LogP contribution is 2.33. The van der Waals surface area contributed by atoms with Crippen molar-refractivity contribution in [3.63, 3.8) is 0 Å². The summed E-state index contributed by atoms with van der Waals surface area (Å²) in [5.41, 5.74) is 2.69. The molecule has 0 aliphatic heterocycles. The number of benzene rings is 2. The van der Waals surface area contributed by atoms with Gasteiger partial charge in [0.05, 0.1) is 0 Å².